The molecule has 7 nitrogen and oxygen atoms in total. The van der Waals surface area contributed by atoms with Crippen LogP contribution in [0.15, 0.2) is 48.1 Å². The van der Waals surface area contributed by atoms with Crippen molar-refractivity contribution in [1.29, 1.82) is 0 Å². The van der Waals surface area contributed by atoms with Crippen molar-refractivity contribution in [3.63, 3.8) is 0 Å². The van der Waals surface area contributed by atoms with E-state index in [1.54, 1.807) is 41.8 Å². The van der Waals surface area contributed by atoms with Gasteiger partial charge in [0.15, 0.2) is 20.8 Å². The van der Waals surface area contributed by atoms with Gasteiger partial charge in [-0.2, -0.15) is 0 Å². The van der Waals surface area contributed by atoms with Crippen LogP contribution in [0, 0.1) is 19.7 Å². The molecular weight excluding hydrogens is 463 g/mol. The predicted octanol–water partition coefficient (Wildman–Crippen LogP) is 3.89. The normalized spacial score (nSPS) is 17.4. The Balaban J connectivity index is 1.55. The van der Waals surface area contributed by atoms with E-state index in [1.165, 1.54) is 17.8 Å². The second-order valence-electron chi connectivity index (χ2n) is 8.12. The van der Waals surface area contributed by atoms with E-state index in [2.05, 4.69) is 16.8 Å². The van der Waals surface area contributed by atoms with E-state index in [9.17, 15) is 17.6 Å². The highest BCUT2D eigenvalue weighted by Crippen LogP contribution is 2.31. The van der Waals surface area contributed by atoms with Crippen LogP contribution in [0.5, 0.6) is 0 Å². The molecule has 1 aliphatic heterocycles. The lowest BCUT2D eigenvalue weighted by atomic mass is 10.1. The van der Waals surface area contributed by atoms with Gasteiger partial charge in [0, 0.05) is 29.4 Å². The molecule has 0 aliphatic carbocycles. The highest BCUT2D eigenvalue weighted by atomic mass is 32.2. The van der Waals surface area contributed by atoms with E-state index in [4.69, 9.17) is 0 Å². The maximum Gasteiger partial charge on any atom is 0.191 e. The monoisotopic (exact) mass is 488 g/mol. The van der Waals surface area contributed by atoms with Gasteiger partial charge in [-0.25, -0.2) is 12.8 Å². The van der Waals surface area contributed by atoms with Crippen molar-refractivity contribution in [3.05, 3.63) is 71.6 Å². The zero-order valence-electron chi connectivity index (χ0n) is 18.5. The number of aromatic nitrogens is 4. The van der Waals surface area contributed by atoms with Gasteiger partial charge in [-0.15, -0.1) is 16.8 Å². The van der Waals surface area contributed by atoms with Gasteiger partial charge in [0.1, 0.15) is 11.6 Å². The van der Waals surface area contributed by atoms with Gasteiger partial charge in [-0.1, -0.05) is 30.0 Å². The molecule has 3 aromatic rings. The number of hydrogen-bond acceptors (Lipinski definition) is 6. The van der Waals surface area contributed by atoms with Crippen LogP contribution in [0.1, 0.15) is 39.9 Å². The van der Waals surface area contributed by atoms with E-state index in [0.717, 1.165) is 5.69 Å². The summed E-state index contributed by atoms with van der Waals surface area (Å²) in [5.74, 6) is 0.293. The van der Waals surface area contributed by atoms with E-state index in [-0.39, 0.29) is 34.8 Å². The molecule has 0 radical (unpaired) electrons. The summed E-state index contributed by atoms with van der Waals surface area (Å²) in [6.45, 7) is 7.84. The third kappa shape index (κ3) is 4.67. The van der Waals surface area contributed by atoms with Crippen molar-refractivity contribution in [2.45, 2.75) is 37.9 Å². The van der Waals surface area contributed by atoms with Gasteiger partial charge < -0.3 is 9.13 Å². The molecule has 1 atom stereocenters. The molecule has 1 fully saturated rings. The third-order valence-electron chi connectivity index (χ3n) is 5.81. The maximum atomic E-state index is 14.3. The van der Waals surface area contributed by atoms with E-state index in [1.807, 2.05) is 11.5 Å². The van der Waals surface area contributed by atoms with Crippen LogP contribution < -0.4 is 0 Å². The van der Waals surface area contributed by atoms with E-state index < -0.39 is 9.84 Å². The molecule has 0 bridgehead atoms. The number of nitrogens with zero attached hydrogens (tertiary/aromatic N) is 4. The van der Waals surface area contributed by atoms with Crippen LogP contribution in [0.4, 0.5) is 4.39 Å². The molecule has 3 heterocycles. The lowest BCUT2D eigenvalue weighted by Gasteiger charge is -2.11. The molecule has 2 aromatic heterocycles. The van der Waals surface area contributed by atoms with Crippen molar-refractivity contribution in [1.82, 2.24) is 19.3 Å². The molecule has 0 amide bonds. The lowest BCUT2D eigenvalue weighted by molar-refractivity contribution is 0.102. The number of rotatable bonds is 8. The molecule has 33 heavy (non-hydrogen) atoms. The average Bonchev–Trinajstić information content (AvgIpc) is 3.42. The Morgan fingerprint density at radius 1 is 1.30 bits per heavy atom. The Bertz CT molecular complexity index is 1330. The van der Waals surface area contributed by atoms with Crippen molar-refractivity contribution in [3.8, 4) is 5.69 Å². The summed E-state index contributed by atoms with van der Waals surface area (Å²) in [5, 5.41) is 9.01. The number of aryl methyl sites for hydroxylation is 1. The van der Waals surface area contributed by atoms with Crippen LogP contribution in [-0.4, -0.2) is 50.8 Å². The quantitative estimate of drug-likeness (QED) is 0.272. The zero-order chi connectivity index (χ0) is 23.8. The highest BCUT2D eigenvalue weighted by molar-refractivity contribution is 7.99. The summed E-state index contributed by atoms with van der Waals surface area (Å²) < 4.78 is 41.7. The average molecular weight is 489 g/mol. The number of para-hydroxylation sites is 1. The number of thioether (sulfide) groups is 1. The Labute approximate surface area is 196 Å². The molecule has 1 aromatic carbocycles. The summed E-state index contributed by atoms with van der Waals surface area (Å²) in [6, 6.07) is 8.23. The maximum absolute atomic E-state index is 14.3. The van der Waals surface area contributed by atoms with Crippen molar-refractivity contribution in [2.24, 2.45) is 0 Å². The van der Waals surface area contributed by atoms with E-state index >= 15 is 0 Å². The predicted molar refractivity (Wildman–Crippen MR) is 126 cm³/mol. The fourth-order valence-corrected chi connectivity index (χ4v) is 6.84. The van der Waals surface area contributed by atoms with Crippen LogP contribution >= 0.6 is 11.8 Å². The van der Waals surface area contributed by atoms with Gasteiger partial charge in [0.2, 0.25) is 0 Å². The molecule has 4 rings (SSSR count). The summed E-state index contributed by atoms with van der Waals surface area (Å²) in [4.78, 5) is 13.1. The highest BCUT2D eigenvalue weighted by Gasteiger charge is 2.33. The number of hydrogen-bond donors (Lipinski definition) is 0. The second-order valence-corrected chi connectivity index (χ2v) is 11.3. The first-order valence-corrected chi connectivity index (χ1v) is 13.4. The number of Topliss-reactive ketones (excluding diaryl/α,β-unsaturated/α-hetero) is 1. The molecule has 0 N–H and O–H groups in total. The molecular formula is C23H25FN4O3S2. The minimum absolute atomic E-state index is 0.0634. The molecule has 0 spiro atoms. The molecule has 0 unspecified atom stereocenters. The summed E-state index contributed by atoms with van der Waals surface area (Å²) in [6.07, 6.45) is 2.22. The second kappa shape index (κ2) is 9.26. The van der Waals surface area contributed by atoms with Crippen LogP contribution in [-0.2, 0) is 16.4 Å². The SMILES string of the molecule is C=CCn1c(SCC(=O)c2cc(C)n(-c3ccccc3F)c2C)nnc1[C@H]1CCS(=O)(=O)C1. The molecule has 10 heteroatoms. The number of carbonyl (C=O) groups is 1. The zero-order valence-corrected chi connectivity index (χ0v) is 20.1. The Kier molecular flexibility index (Phi) is 6.58. The Morgan fingerprint density at radius 3 is 2.73 bits per heavy atom. The number of benzene rings is 1. The summed E-state index contributed by atoms with van der Waals surface area (Å²) in [7, 11) is -3.06. The van der Waals surface area contributed by atoms with Gasteiger partial charge >= 0.3 is 0 Å². The molecule has 174 valence electrons. The van der Waals surface area contributed by atoms with Gasteiger partial charge in [0.05, 0.1) is 22.9 Å². The minimum Gasteiger partial charge on any atom is -0.315 e. The van der Waals surface area contributed by atoms with Crippen LogP contribution in [0.3, 0.4) is 0 Å². The minimum atomic E-state index is -3.06. The standard InChI is InChI=1S/C23H25FN4O3S2/c1-4-10-27-22(17-9-11-33(30,31)14-17)25-26-23(27)32-13-21(29)18-12-15(2)28(16(18)3)20-8-6-5-7-19(20)24/h4-8,12,17H,1,9-11,13-14H2,2-3H3/t17-/m0/s1. The number of carbonyl (C=O) groups excluding carboxylic acids is 1. The van der Waals surface area contributed by atoms with Crippen molar-refractivity contribution < 1.29 is 17.6 Å². The lowest BCUT2D eigenvalue weighted by Crippen LogP contribution is -2.12. The number of sulfone groups is 1. The van der Waals surface area contributed by atoms with Crippen molar-refractivity contribution in [2.75, 3.05) is 17.3 Å². The summed E-state index contributed by atoms with van der Waals surface area (Å²) in [5.41, 5.74) is 2.37. The Morgan fingerprint density at radius 2 is 2.06 bits per heavy atom. The summed E-state index contributed by atoms with van der Waals surface area (Å²) >= 11 is 1.25. The fourth-order valence-electron chi connectivity index (χ4n) is 4.26. The molecule has 1 saturated heterocycles. The molecule has 1 aliphatic rings. The van der Waals surface area contributed by atoms with Gasteiger partial charge in [-0.3, -0.25) is 4.79 Å². The van der Waals surface area contributed by atoms with Gasteiger partial charge in [-0.05, 0) is 38.5 Å². The first-order chi connectivity index (χ1) is 15.7. The Hall–Kier alpha value is -2.72. The number of ketones is 1. The van der Waals surface area contributed by atoms with Gasteiger partial charge in [0.25, 0.3) is 0 Å². The number of halogens is 1. The topological polar surface area (TPSA) is 86.8 Å². The first kappa shape index (κ1) is 23.4. The fraction of sp³-hybridized carbons (Fsp3) is 0.348. The van der Waals surface area contributed by atoms with Crippen LogP contribution in [0.2, 0.25) is 0 Å². The smallest absolute Gasteiger partial charge is 0.191 e. The first-order valence-electron chi connectivity index (χ1n) is 10.6. The largest absolute Gasteiger partial charge is 0.315 e. The van der Waals surface area contributed by atoms with E-state index in [0.29, 0.717) is 40.9 Å². The van der Waals surface area contributed by atoms with Crippen LogP contribution in [0.25, 0.3) is 5.69 Å². The van der Waals surface area contributed by atoms with Crippen molar-refractivity contribution >= 4 is 27.4 Å². The number of allylic oxidation sites excluding steroid dienone is 1. The molecule has 0 saturated carbocycles. The third-order valence-corrected chi connectivity index (χ3v) is 8.55.